The molecule has 1 aromatic rings. The lowest BCUT2D eigenvalue weighted by atomic mass is 10.2. The molecule has 0 unspecified atom stereocenters. The van der Waals surface area contributed by atoms with Crippen molar-refractivity contribution >= 4 is 19.7 Å². The van der Waals surface area contributed by atoms with Crippen molar-refractivity contribution in [1.82, 2.24) is 4.98 Å². The second-order valence-electron chi connectivity index (χ2n) is 2.48. The van der Waals surface area contributed by atoms with Crippen LogP contribution in [0, 0.1) is 0 Å². The molecular weight excluding hydrogens is 256 g/mol. The molecule has 0 saturated heterocycles. The normalized spacial score (nSPS) is 12.0. The third kappa shape index (κ3) is 2.26. The van der Waals surface area contributed by atoms with Crippen LogP contribution < -0.4 is 5.56 Å². The van der Waals surface area contributed by atoms with Crippen LogP contribution in [0.5, 0.6) is 5.75 Å². The minimum atomic E-state index is -4.46. The van der Waals surface area contributed by atoms with Crippen molar-refractivity contribution in [2.45, 2.75) is 11.3 Å². The number of alkyl halides is 2. The second kappa shape index (κ2) is 3.78. The van der Waals surface area contributed by atoms with Gasteiger partial charge in [-0.25, -0.2) is 17.2 Å². The second-order valence-corrected chi connectivity index (χ2v) is 5.02. The van der Waals surface area contributed by atoms with Gasteiger partial charge in [0.25, 0.3) is 21.0 Å². The Morgan fingerprint density at radius 1 is 1.47 bits per heavy atom. The average Bonchev–Trinajstić information content (AvgIpc) is 2.06. The van der Waals surface area contributed by atoms with Crippen LogP contribution in [0.25, 0.3) is 0 Å². The van der Waals surface area contributed by atoms with Crippen molar-refractivity contribution in [2.75, 3.05) is 0 Å². The molecule has 15 heavy (non-hydrogen) atoms. The Bertz CT molecular complexity index is 539. The van der Waals surface area contributed by atoms with Gasteiger partial charge in [-0.3, -0.25) is 4.79 Å². The molecule has 1 aromatic heterocycles. The van der Waals surface area contributed by atoms with Gasteiger partial charge >= 0.3 is 0 Å². The molecule has 0 spiro atoms. The Morgan fingerprint density at radius 2 is 2.00 bits per heavy atom. The lowest BCUT2D eigenvalue weighted by Gasteiger charge is -2.06. The Morgan fingerprint density at radius 3 is 2.40 bits per heavy atom. The Balaban J connectivity index is 3.70. The van der Waals surface area contributed by atoms with Crippen molar-refractivity contribution < 1.29 is 22.3 Å². The molecule has 0 aliphatic carbocycles. The zero-order valence-corrected chi connectivity index (χ0v) is 8.44. The number of hydrogen-bond acceptors (Lipinski definition) is 4. The third-order valence-corrected chi connectivity index (χ3v) is 2.91. The van der Waals surface area contributed by atoms with Crippen molar-refractivity contribution in [3.63, 3.8) is 0 Å². The number of hydrogen-bond donors (Lipinski definition) is 2. The van der Waals surface area contributed by atoms with E-state index < -0.39 is 37.2 Å². The van der Waals surface area contributed by atoms with Crippen LogP contribution in [-0.4, -0.2) is 18.5 Å². The first-order chi connectivity index (χ1) is 6.75. The number of rotatable bonds is 2. The van der Waals surface area contributed by atoms with E-state index in [1.165, 1.54) is 0 Å². The van der Waals surface area contributed by atoms with Crippen LogP contribution in [-0.2, 0) is 9.05 Å². The van der Waals surface area contributed by atoms with Crippen LogP contribution in [0.1, 0.15) is 12.0 Å². The lowest BCUT2D eigenvalue weighted by Crippen LogP contribution is -2.11. The zero-order chi connectivity index (χ0) is 11.8. The van der Waals surface area contributed by atoms with E-state index in [1.54, 1.807) is 4.98 Å². The topological polar surface area (TPSA) is 87.2 Å². The number of aromatic hydroxyl groups is 1. The van der Waals surface area contributed by atoms with Gasteiger partial charge in [-0.05, 0) is 0 Å². The van der Waals surface area contributed by atoms with E-state index in [9.17, 15) is 22.0 Å². The average molecular weight is 260 g/mol. The van der Waals surface area contributed by atoms with Gasteiger partial charge < -0.3 is 10.1 Å². The maximum atomic E-state index is 12.4. The van der Waals surface area contributed by atoms with E-state index in [-0.39, 0.29) is 0 Å². The zero-order valence-electron chi connectivity index (χ0n) is 6.87. The van der Waals surface area contributed by atoms with Gasteiger partial charge in [0.15, 0.2) is 5.75 Å². The first-order valence-corrected chi connectivity index (χ1v) is 5.73. The van der Waals surface area contributed by atoms with Crippen molar-refractivity contribution in [3.8, 4) is 5.75 Å². The molecule has 5 nitrogen and oxygen atoms in total. The summed E-state index contributed by atoms with van der Waals surface area (Å²) in [6, 6.07) is 0. The molecule has 84 valence electrons. The highest BCUT2D eigenvalue weighted by atomic mass is 35.7. The van der Waals surface area contributed by atoms with Crippen molar-refractivity contribution in [1.29, 1.82) is 0 Å². The van der Waals surface area contributed by atoms with Gasteiger partial charge in [0, 0.05) is 16.9 Å². The molecule has 1 rings (SSSR count). The Labute approximate surface area is 86.7 Å². The highest BCUT2D eigenvalue weighted by Gasteiger charge is 2.27. The predicted octanol–water partition coefficient (Wildman–Crippen LogP) is 0.946. The summed E-state index contributed by atoms with van der Waals surface area (Å²) in [5.74, 6) is -1.35. The first-order valence-electron chi connectivity index (χ1n) is 3.42. The molecule has 0 fully saturated rings. The summed E-state index contributed by atoms with van der Waals surface area (Å²) in [6.45, 7) is 0. The molecule has 0 aliphatic rings. The number of H-pyrrole nitrogens is 1. The summed E-state index contributed by atoms with van der Waals surface area (Å²) in [5, 5.41) is 8.97. The smallest absolute Gasteiger partial charge is 0.290 e. The molecule has 0 atom stereocenters. The van der Waals surface area contributed by atoms with Gasteiger partial charge in [-0.2, -0.15) is 0 Å². The molecule has 0 radical (unpaired) electrons. The summed E-state index contributed by atoms with van der Waals surface area (Å²) >= 11 is 0. The van der Waals surface area contributed by atoms with Gasteiger partial charge in [-0.15, -0.1) is 0 Å². The number of nitrogens with one attached hydrogen (secondary N) is 1. The van der Waals surface area contributed by atoms with Gasteiger partial charge in [-0.1, -0.05) is 0 Å². The van der Waals surface area contributed by atoms with Crippen LogP contribution >= 0.6 is 10.7 Å². The van der Waals surface area contributed by atoms with E-state index in [4.69, 9.17) is 15.8 Å². The number of aromatic amines is 1. The van der Waals surface area contributed by atoms with Crippen molar-refractivity contribution in [2.24, 2.45) is 0 Å². The van der Waals surface area contributed by atoms with E-state index >= 15 is 0 Å². The van der Waals surface area contributed by atoms with E-state index in [0.717, 1.165) is 0 Å². The van der Waals surface area contributed by atoms with Crippen LogP contribution in [0.4, 0.5) is 8.78 Å². The highest BCUT2D eigenvalue weighted by Crippen LogP contribution is 2.32. The summed E-state index contributed by atoms with van der Waals surface area (Å²) < 4.78 is 46.4. The minimum absolute atomic E-state index is 0.506. The minimum Gasteiger partial charge on any atom is -0.503 e. The molecule has 0 amide bonds. The summed E-state index contributed by atoms with van der Waals surface area (Å²) in [5.41, 5.74) is -2.51. The van der Waals surface area contributed by atoms with Gasteiger partial charge in [0.05, 0.1) is 5.56 Å². The van der Waals surface area contributed by atoms with Crippen LogP contribution in [0.2, 0.25) is 0 Å². The largest absolute Gasteiger partial charge is 0.503 e. The fraction of sp³-hybridized carbons (Fsp3) is 0.167. The number of pyridine rings is 1. The van der Waals surface area contributed by atoms with Crippen LogP contribution in [0.15, 0.2) is 15.9 Å². The fourth-order valence-corrected chi connectivity index (χ4v) is 1.96. The Kier molecular flexibility index (Phi) is 3.00. The highest BCUT2D eigenvalue weighted by molar-refractivity contribution is 8.13. The van der Waals surface area contributed by atoms with Gasteiger partial charge in [0.1, 0.15) is 4.90 Å². The SMILES string of the molecule is O=c1[nH]cc(S(=O)(=O)Cl)c(C(F)F)c1O. The number of aromatic nitrogens is 1. The number of halogens is 3. The third-order valence-electron chi connectivity index (χ3n) is 1.55. The summed E-state index contributed by atoms with van der Waals surface area (Å²) in [6.07, 6.45) is -2.82. The summed E-state index contributed by atoms with van der Waals surface area (Å²) in [7, 11) is 0.382. The van der Waals surface area contributed by atoms with Crippen molar-refractivity contribution in [3.05, 3.63) is 22.1 Å². The fourth-order valence-electron chi connectivity index (χ4n) is 0.929. The summed E-state index contributed by atoms with van der Waals surface area (Å²) in [4.78, 5) is 11.5. The van der Waals surface area contributed by atoms with Gasteiger partial charge in [0.2, 0.25) is 0 Å². The standard InChI is InChI=1S/C6H4ClF2NO4S/c7-15(13,14)2-1-10-6(12)4(11)3(2)5(8)9/h1,5,11H,(H,10,12). The molecule has 0 bridgehead atoms. The molecule has 1 heterocycles. The molecule has 0 saturated carbocycles. The van der Waals surface area contributed by atoms with E-state index in [2.05, 4.69) is 0 Å². The van der Waals surface area contributed by atoms with E-state index in [0.29, 0.717) is 6.20 Å². The monoisotopic (exact) mass is 259 g/mol. The molecule has 0 aromatic carbocycles. The molecule has 2 N–H and O–H groups in total. The van der Waals surface area contributed by atoms with Crippen LogP contribution in [0.3, 0.4) is 0 Å². The maximum Gasteiger partial charge on any atom is 0.290 e. The predicted molar refractivity (Wildman–Crippen MR) is 46.7 cm³/mol. The maximum absolute atomic E-state index is 12.4. The van der Waals surface area contributed by atoms with E-state index in [1.807, 2.05) is 0 Å². The molecular formula is C6H4ClF2NO4S. The quantitative estimate of drug-likeness (QED) is 0.774. The molecule has 0 aliphatic heterocycles. The lowest BCUT2D eigenvalue weighted by molar-refractivity contribution is 0.143. The first kappa shape index (κ1) is 11.9. The Hall–Kier alpha value is -1.15. The molecule has 9 heteroatoms.